The molecule has 0 aliphatic carbocycles. The lowest BCUT2D eigenvalue weighted by Gasteiger charge is -2.37. The third kappa shape index (κ3) is 5.70. The molecular formula is C21H28ClN7O3. The summed E-state index contributed by atoms with van der Waals surface area (Å²) in [7, 11) is 0. The summed E-state index contributed by atoms with van der Waals surface area (Å²) >= 11 is 6.09. The van der Waals surface area contributed by atoms with Crippen LogP contribution >= 0.6 is 11.6 Å². The van der Waals surface area contributed by atoms with Crippen LogP contribution in [0.2, 0.25) is 5.02 Å². The average Bonchev–Trinajstić information content (AvgIpc) is 2.97. The standard InChI is InChI=1S/C20H25ClN6O2.CH3NO/c21-13-4-5-14-16(11-13)24-18(22)12-17(14)26-7-9-27(10-8-26)20(29)25-15-3-1-2-6-23-19(15)28;2-1-3/h4-5,11-12,15H,1-3,6-10H2,(H2,22,24)(H,23,28)(H,25,29);1H,(H2,2,3)/t15-;/m1./s1. The Kier molecular flexibility index (Phi) is 7.93. The van der Waals surface area contributed by atoms with Crippen LogP contribution in [0.25, 0.3) is 10.9 Å². The minimum absolute atomic E-state index is 0.0909. The fourth-order valence-electron chi connectivity index (χ4n) is 3.93. The van der Waals surface area contributed by atoms with Crippen molar-refractivity contribution in [2.24, 2.45) is 5.73 Å². The number of piperazine rings is 1. The number of anilines is 2. The fourth-order valence-corrected chi connectivity index (χ4v) is 4.10. The number of halogens is 1. The highest BCUT2D eigenvalue weighted by Gasteiger charge is 2.27. The number of hydrogen-bond donors (Lipinski definition) is 4. The summed E-state index contributed by atoms with van der Waals surface area (Å²) in [5, 5.41) is 7.34. The van der Waals surface area contributed by atoms with E-state index in [4.69, 9.17) is 22.1 Å². The second-order valence-corrected chi connectivity index (χ2v) is 8.06. The number of fused-ring (bicyclic) bond motifs is 1. The fraction of sp³-hybridized carbons (Fsp3) is 0.429. The van der Waals surface area contributed by atoms with Gasteiger partial charge in [-0.15, -0.1) is 0 Å². The van der Waals surface area contributed by atoms with Crippen molar-refractivity contribution in [2.45, 2.75) is 25.3 Å². The molecule has 4 rings (SSSR count). The molecule has 0 unspecified atom stereocenters. The molecule has 2 aliphatic heterocycles. The molecule has 1 aromatic carbocycles. The molecule has 10 nitrogen and oxygen atoms in total. The molecule has 2 saturated heterocycles. The number of carbonyl (C=O) groups is 3. The van der Waals surface area contributed by atoms with Gasteiger partial charge in [-0.05, 0) is 37.5 Å². The van der Waals surface area contributed by atoms with Gasteiger partial charge in [-0.3, -0.25) is 9.59 Å². The Hall–Kier alpha value is -3.27. The van der Waals surface area contributed by atoms with Gasteiger partial charge in [-0.1, -0.05) is 11.6 Å². The van der Waals surface area contributed by atoms with Crippen molar-refractivity contribution in [3.63, 3.8) is 0 Å². The van der Waals surface area contributed by atoms with Gasteiger partial charge in [0.15, 0.2) is 0 Å². The second kappa shape index (κ2) is 10.9. The molecule has 32 heavy (non-hydrogen) atoms. The quantitative estimate of drug-likeness (QED) is 0.492. The number of nitrogens with zero attached hydrogens (tertiary/aromatic N) is 3. The van der Waals surface area contributed by atoms with Crippen LogP contribution in [-0.2, 0) is 9.59 Å². The molecule has 172 valence electrons. The number of carbonyl (C=O) groups excluding carboxylic acids is 3. The summed E-state index contributed by atoms with van der Waals surface area (Å²) < 4.78 is 0. The number of benzene rings is 1. The van der Waals surface area contributed by atoms with Crippen molar-refractivity contribution < 1.29 is 14.4 Å². The van der Waals surface area contributed by atoms with Crippen molar-refractivity contribution in [2.75, 3.05) is 43.4 Å². The number of nitrogens with two attached hydrogens (primary N) is 2. The van der Waals surface area contributed by atoms with E-state index in [1.165, 1.54) is 0 Å². The van der Waals surface area contributed by atoms with Crippen LogP contribution < -0.4 is 27.0 Å². The molecule has 4 amide bonds. The van der Waals surface area contributed by atoms with Gasteiger partial charge in [-0.25, -0.2) is 9.78 Å². The van der Waals surface area contributed by atoms with Gasteiger partial charge in [0.1, 0.15) is 11.9 Å². The van der Waals surface area contributed by atoms with E-state index in [9.17, 15) is 9.59 Å². The van der Waals surface area contributed by atoms with Gasteiger partial charge in [0.05, 0.1) is 5.52 Å². The van der Waals surface area contributed by atoms with E-state index in [1.54, 1.807) is 11.0 Å². The minimum atomic E-state index is -0.447. The number of urea groups is 1. The Bertz CT molecular complexity index is 974. The molecular weight excluding hydrogens is 434 g/mol. The minimum Gasteiger partial charge on any atom is -0.384 e. The molecule has 0 radical (unpaired) electrons. The summed E-state index contributed by atoms with van der Waals surface area (Å²) in [4.78, 5) is 41.6. The smallest absolute Gasteiger partial charge is 0.318 e. The predicted molar refractivity (Wildman–Crippen MR) is 124 cm³/mol. The van der Waals surface area contributed by atoms with Gasteiger partial charge >= 0.3 is 6.03 Å². The van der Waals surface area contributed by atoms with Crippen molar-refractivity contribution >= 4 is 52.4 Å². The molecule has 2 aromatic rings. The third-order valence-electron chi connectivity index (χ3n) is 5.51. The van der Waals surface area contributed by atoms with Crippen molar-refractivity contribution in [1.29, 1.82) is 0 Å². The third-order valence-corrected chi connectivity index (χ3v) is 5.75. The van der Waals surface area contributed by atoms with E-state index in [1.807, 2.05) is 18.2 Å². The normalized spacial score (nSPS) is 18.8. The van der Waals surface area contributed by atoms with E-state index in [0.29, 0.717) is 50.0 Å². The maximum Gasteiger partial charge on any atom is 0.318 e. The van der Waals surface area contributed by atoms with Crippen LogP contribution in [0, 0.1) is 0 Å². The summed E-state index contributed by atoms with van der Waals surface area (Å²) in [6.45, 7) is 3.16. The summed E-state index contributed by atoms with van der Waals surface area (Å²) in [5.41, 5.74) is 11.9. The molecule has 0 saturated carbocycles. The maximum absolute atomic E-state index is 12.6. The lowest BCUT2D eigenvalue weighted by Crippen LogP contribution is -2.55. The van der Waals surface area contributed by atoms with Gasteiger partial charge in [0.25, 0.3) is 0 Å². The lowest BCUT2D eigenvalue weighted by atomic mass is 10.1. The number of aromatic nitrogens is 1. The molecule has 2 aliphatic rings. The van der Waals surface area contributed by atoms with Crippen molar-refractivity contribution in [3.8, 4) is 0 Å². The van der Waals surface area contributed by atoms with Gasteiger partial charge in [0, 0.05) is 54.9 Å². The van der Waals surface area contributed by atoms with E-state index < -0.39 is 6.04 Å². The molecule has 2 fully saturated rings. The van der Waals surface area contributed by atoms with Crippen LogP contribution in [-0.4, -0.2) is 67.0 Å². The highest BCUT2D eigenvalue weighted by molar-refractivity contribution is 6.31. The Morgan fingerprint density at radius 1 is 1.22 bits per heavy atom. The monoisotopic (exact) mass is 461 g/mol. The van der Waals surface area contributed by atoms with Crippen molar-refractivity contribution in [1.82, 2.24) is 20.5 Å². The van der Waals surface area contributed by atoms with E-state index in [-0.39, 0.29) is 18.3 Å². The number of primary amides is 1. The van der Waals surface area contributed by atoms with Crippen LogP contribution in [0.4, 0.5) is 16.3 Å². The Morgan fingerprint density at radius 2 is 1.94 bits per heavy atom. The first-order valence-corrected chi connectivity index (χ1v) is 10.9. The molecule has 0 spiro atoms. The zero-order valence-electron chi connectivity index (χ0n) is 17.7. The Balaban J connectivity index is 0.000000913. The van der Waals surface area contributed by atoms with Crippen LogP contribution in [0.15, 0.2) is 24.3 Å². The van der Waals surface area contributed by atoms with E-state index in [2.05, 4.69) is 26.3 Å². The van der Waals surface area contributed by atoms with E-state index in [0.717, 1.165) is 29.4 Å². The summed E-state index contributed by atoms with van der Waals surface area (Å²) in [5.74, 6) is 0.348. The first-order chi connectivity index (χ1) is 15.4. The zero-order valence-corrected chi connectivity index (χ0v) is 18.5. The van der Waals surface area contributed by atoms with E-state index >= 15 is 0 Å². The Labute approximate surface area is 191 Å². The van der Waals surface area contributed by atoms with Crippen LogP contribution in [0.3, 0.4) is 0 Å². The molecule has 11 heteroatoms. The molecule has 1 atom stereocenters. The molecule has 0 bridgehead atoms. The highest BCUT2D eigenvalue weighted by atomic mass is 35.5. The summed E-state index contributed by atoms with van der Waals surface area (Å²) in [6, 6.07) is 6.82. The van der Waals surface area contributed by atoms with Gasteiger partial charge in [-0.2, -0.15) is 0 Å². The van der Waals surface area contributed by atoms with Crippen LogP contribution in [0.1, 0.15) is 19.3 Å². The van der Waals surface area contributed by atoms with Crippen molar-refractivity contribution in [3.05, 3.63) is 29.3 Å². The first kappa shape index (κ1) is 23.4. The number of hydrogen-bond acceptors (Lipinski definition) is 6. The van der Waals surface area contributed by atoms with Crippen LogP contribution in [0.5, 0.6) is 0 Å². The largest absolute Gasteiger partial charge is 0.384 e. The first-order valence-electron chi connectivity index (χ1n) is 10.5. The number of rotatable bonds is 2. The highest BCUT2D eigenvalue weighted by Crippen LogP contribution is 2.30. The van der Waals surface area contributed by atoms with Gasteiger partial charge in [0.2, 0.25) is 12.3 Å². The topological polar surface area (TPSA) is 147 Å². The predicted octanol–water partition coefficient (Wildman–Crippen LogP) is 1.07. The Morgan fingerprint density at radius 3 is 2.66 bits per heavy atom. The SMILES string of the molecule is NC=O.Nc1cc(N2CCN(C(=O)N[C@@H]3CCCCNC3=O)CC2)c2ccc(Cl)cc2n1. The zero-order chi connectivity index (χ0) is 23.1. The second-order valence-electron chi connectivity index (χ2n) is 7.63. The number of nitrogen functional groups attached to an aromatic ring is 1. The number of amides is 4. The average molecular weight is 462 g/mol. The molecule has 1 aromatic heterocycles. The number of pyridine rings is 1. The lowest BCUT2D eigenvalue weighted by molar-refractivity contribution is -0.122. The molecule has 3 heterocycles. The maximum atomic E-state index is 12.6. The van der Waals surface area contributed by atoms with Gasteiger partial charge < -0.3 is 31.9 Å². The number of nitrogens with one attached hydrogen (secondary N) is 2. The summed E-state index contributed by atoms with van der Waals surface area (Å²) in [6.07, 6.45) is 2.81. The molecule has 6 N–H and O–H groups in total.